The average Bonchev–Trinajstić information content (AvgIpc) is 2.89. The molecule has 0 saturated heterocycles. The van der Waals surface area contributed by atoms with Gasteiger partial charge in [0.15, 0.2) is 5.41 Å². The van der Waals surface area contributed by atoms with Gasteiger partial charge in [-0.2, -0.15) is 0 Å². The Hall–Kier alpha value is -2.94. The SMILES string of the molecule is CCOC(=O)C(CCCN(C)CCc1ccc(OC)c(C)c1)(C(=O)OC)c1ccc(CO)c(CO)c1. The van der Waals surface area contributed by atoms with Crippen molar-refractivity contribution in [2.75, 3.05) is 41.0 Å². The summed E-state index contributed by atoms with van der Waals surface area (Å²) in [5.41, 5.74) is 1.97. The van der Waals surface area contributed by atoms with E-state index in [1.807, 2.05) is 20.0 Å². The standard InChI is InChI=1S/C28H39NO7/c1-6-36-27(33)28(26(32)35-5,24-10-9-22(18-30)23(17-24)19-31)13-7-14-29(3)15-12-21-8-11-25(34-4)20(2)16-21/h8-11,16-17,30-31H,6-7,12-15,18-19H2,1-5H3. The molecule has 8 nitrogen and oxygen atoms in total. The van der Waals surface area contributed by atoms with Crippen molar-refractivity contribution in [3.05, 3.63) is 64.2 Å². The first-order valence-corrected chi connectivity index (χ1v) is 12.2. The first kappa shape index (κ1) is 29.3. The van der Waals surface area contributed by atoms with Gasteiger partial charge in [0, 0.05) is 6.54 Å². The molecule has 2 N–H and O–H groups in total. The van der Waals surface area contributed by atoms with Crippen molar-refractivity contribution in [3.63, 3.8) is 0 Å². The molecule has 0 amide bonds. The molecular weight excluding hydrogens is 462 g/mol. The Bertz CT molecular complexity index is 1020. The molecule has 0 heterocycles. The van der Waals surface area contributed by atoms with Crippen molar-refractivity contribution in [2.45, 2.75) is 51.7 Å². The fourth-order valence-electron chi connectivity index (χ4n) is 4.43. The third-order valence-corrected chi connectivity index (χ3v) is 6.53. The second-order valence-corrected chi connectivity index (χ2v) is 8.88. The van der Waals surface area contributed by atoms with Gasteiger partial charge in [-0.05, 0) is 80.6 Å². The summed E-state index contributed by atoms with van der Waals surface area (Å²) in [7, 11) is 4.90. The van der Waals surface area contributed by atoms with Crippen molar-refractivity contribution in [3.8, 4) is 5.75 Å². The van der Waals surface area contributed by atoms with E-state index in [4.69, 9.17) is 14.2 Å². The zero-order valence-electron chi connectivity index (χ0n) is 22.0. The molecule has 1 atom stereocenters. The lowest BCUT2D eigenvalue weighted by Crippen LogP contribution is -2.46. The Morgan fingerprint density at radius 2 is 1.69 bits per heavy atom. The Labute approximate surface area is 213 Å². The summed E-state index contributed by atoms with van der Waals surface area (Å²) in [5, 5.41) is 19.3. The summed E-state index contributed by atoms with van der Waals surface area (Å²) in [5.74, 6) is -0.534. The minimum Gasteiger partial charge on any atom is -0.496 e. The zero-order valence-corrected chi connectivity index (χ0v) is 22.0. The summed E-state index contributed by atoms with van der Waals surface area (Å²) in [6.45, 7) is 4.66. The highest BCUT2D eigenvalue weighted by Crippen LogP contribution is 2.34. The van der Waals surface area contributed by atoms with Crippen LogP contribution in [0.1, 0.15) is 47.6 Å². The van der Waals surface area contributed by atoms with Crippen molar-refractivity contribution >= 4 is 11.9 Å². The molecule has 198 valence electrons. The molecule has 0 aliphatic carbocycles. The molecule has 2 aromatic carbocycles. The van der Waals surface area contributed by atoms with Crippen LogP contribution in [0, 0.1) is 6.92 Å². The predicted octanol–water partition coefficient (Wildman–Crippen LogP) is 2.92. The number of aliphatic hydroxyl groups is 2. The second kappa shape index (κ2) is 14.0. The molecular formula is C28H39NO7. The first-order valence-electron chi connectivity index (χ1n) is 12.2. The molecule has 0 aliphatic heterocycles. The quantitative estimate of drug-likeness (QED) is 0.301. The first-order chi connectivity index (χ1) is 17.3. The number of likely N-dealkylation sites (N-methyl/N-ethyl adjacent to an activating group) is 1. The van der Waals surface area contributed by atoms with E-state index in [1.54, 1.807) is 32.2 Å². The lowest BCUT2D eigenvalue weighted by atomic mass is 9.75. The van der Waals surface area contributed by atoms with Crippen LogP contribution in [-0.4, -0.2) is 68.0 Å². The molecule has 8 heteroatoms. The third-order valence-electron chi connectivity index (χ3n) is 6.53. The van der Waals surface area contributed by atoms with Gasteiger partial charge < -0.3 is 29.3 Å². The van der Waals surface area contributed by atoms with Gasteiger partial charge in [-0.3, -0.25) is 9.59 Å². The van der Waals surface area contributed by atoms with Crippen molar-refractivity contribution in [2.24, 2.45) is 0 Å². The maximum Gasteiger partial charge on any atom is 0.328 e. The largest absolute Gasteiger partial charge is 0.496 e. The molecule has 0 saturated carbocycles. The van der Waals surface area contributed by atoms with E-state index >= 15 is 0 Å². The number of aliphatic hydroxyl groups excluding tert-OH is 2. The molecule has 36 heavy (non-hydrogen) atoms. The average molecular weight is 502 g/mol. The van der Waals surface area contributed by atoms with Crippen LogP contribution >= 0.6 is 0 Å². The van der Waals surface area contributed by atoms with Gasteiger partial charge in [0.1, 0.15) is 5.75 Å². The normalized spacial score (nSPS) is 12.8. The highest BCUT2D eigenvalue weighted by molar-refractivity contribution is 6.06. The summed E-state index contributed by atoms with van der Waals surface area (Å²) in [6, 6.07) is 10.9. The molecule has 0 aliphatic rings. The molecule has 2 rings (SSSR count). The highest BCUT2D eigenvalue weighted by Gasteiger charge is 2.50. The van der Waals surface area contributed by atoms with Crippen LogP contribution in [0.15, 0.2) is 36.4 Å². The number of hydrogen-bond donors (Lipinski definition) is 2. The van der Waals surface area contributed by atoms with Gasteiger partial charge in [-0.25, -0.2) is 0 Å². The van der Waals surface area contributed by atoms with E-state index in [9.17, 15) is 19.8 Å². The van der Waals surface area contributed by atoms with E-state index < -0.39 is 17.4 Å². The van der Waals surface area contributed by atoms with Crippen LogP contribution in [0.4, 0.5) is 0 Å². The number of hydrogen-bond acceptors (Lipinski definition) is 8. The number of ether oxygens (including phenoxy) is 3. The maximum atomic E-state index is 13.2. The minimum absolute atomic E-state index is 0.111. The number of esters is 2. The minimum atomic E-state index is -1.67. The van der Waals surface area contributed by atoms with Crippen LogP contribution in [0.5, 0.6) is 5.75 Å². The predicted molar refractivity (Wildman–Crippen MR) is 137 cm³/mol. The Kier molecular flexibility index (Phi) is 11.4. The molecule has 2 aromatic rings. The fraction of sp³-hybridized carbons (Fsp3) is 0.500. The van der Waals surface area contributed by atoms with Crippen LogP contribution < -0.4 is 4.74 Å². The van der Waals surface area contributed by atoms with E-state index in [2.05, 4.69) is 17.0 Å². The van der Waals surface area contributed by atoms with E-state index in [0.29, 0.717) is 29.7 Å². The van der Waals surface area contributed by atoms with Crippen LogP contribution in [0.25, 0.3) is 0 Å². The van der Waals surface area contributed by atoms with Crippen molar-refractivity contribution < 1.29 is 34.0 Å². The molecule has 1 unspecified atom stereocenters. The number of benzene rings is 2. The lowest BCUT2D eigenvalue weighted by molar-refractivity contribution is -0.164. The number of nitrogens with zero attached hydrogens (tertiary/aromatic N) is 1. The van der Waals surface area contributed by atoms with Crippen molar-refractivity contribution in [1.82, 2.24) is 4.90 Å². The molecule has 0 aromatic heterocycles. The van der Waals surface area contributed by atoms with Gasteiger partial charge in [0.05, 0.1) is 34.0 Å². The number of carbonyl (C=O) groups excluding carboxylic acids is 2. The van der Waals surface area contributed by atoms with E-state index in [-0.39, 0.29) is 26.2 Å². The summed E-state index contributed by atoms with van der Waals surface area (Å²) in [6.07, 6.45) is 1.56. The molecule has 0 spiro atoms. The van der Waals surface area contributed by atoms with Crippen LogP contribution in [0.2, 0.25) is 0 Å². The van der Waals surface area contributed by atoms with Gasteiger partial charge in [0.25, 0.3) is 0 Å². The molecule has 0 radical (unpaired) electrons. The monoisotopic (exact) mass is 501 g/mol. The smallest absolute Gasteiger partial charge is 0.328 e. The lowest BCUT2D eigenvalue weighted by Gasteiger charge is -2.30. The van der Waals surface area contributed by atoms with Gasteiger partial charge >= 0.3 is 11.9 Å². The summed E-state index contributed by atoms with van der Waals surface area (Å²) in [4.78, 5) is 28.5. The van der Waals surface area contributed by atoms with Crippen molar-refractivity contribution in [1.29, 1.82) is 0 Å². The van der Waals surface area contributed by atoms with Crippen LogP contribution in [0.3, 0.4) is 0 Å². The van der Waals surface area contributed by atoms with E-state index in [0.717, 1.165) is 24.3 Å². The number of methoxy groups -OCH3 is 2. The maximum absolute atomic E-state index is 13.2. The fourth-order valence-corrected chi connectivity index (χ4v) is 4.43. The Balaban J connectivity index is 2.21. The number of aryl methyl sites for hydroxylation is 1. The highest BCUT2D eigenvalue weighted by atomic mass is 16.6. The summed E-state index contributed by atoms with van der Waals surface area (Å²) >= 11 is 0. The third kappa shape index (κ3) is 6.84. The van der Waals surface area contributed by atoms with Crippen LogP contribution in [-0.2, 0) is 44.1 Å². The Morgan fingerprint density at radius 1 is 0.972 bits per heavy atom. The Morgan fingerprint density at radius 3 is 2.28 bits per heavy atom. The topological polar surface area (TPSA) is 106 Å². The molecule has 0 bridgehead atoms. The van der Waals surface area contributed by atoms with Gasteiger partial charge in [-0.15, -0.1) is 0 Å². The van der Waals surface area contributed by atoms with Gasteiger partial charge in [-0.1, -0.05) is 30.3 Å². The zero-order chi connectivity index (χ0) is 26.7. The number of carbonyl (C=O) groups is 2. The number of rotatable bonds is 14. The van der Waals surface area contributed by atoms with Gasteiger partial charge in [0.2, 0.25) is 0 Å². The van der Waals surface area contributed by atoms with E-state index in [1.165, 1.54) is 12.7 Å². The molecule has 0 fully saturated rings. The second-order valence-electron chi connectivity index (χ2n) is 8.88. The summed E-state index contributed by atoms with van der Waals surface area (Å²) < 4.78 is 15.7.